The number of amides is 1. The molecule has 2 aromatic carbocycles. The Bertz CT molecular complexity index is 748. The van der Waals surface area contributed by atoms with Crippen LogP contribution in [-0.2, 0) is 0 Å². The summed E-state index contributed by atoms with van der Waals surface area (Å²) in [6.45, 7) is 0. The van der Waals surface area contributed by atoms with Crippen LogP contribution in [0.3, 0.4) is 0 Å². The molecule has 2 aromatic rings. The van der Waals surface area contributed by atoms with E-state index < -0.39 is 5.91 Å². The maximum Gasteiger partial charge on any atom is 0.271 e. The molecule has 0 unspecified atom stereocenters. The van der Waals surface area contributed by atoms with Crippen molar-refractivity contribution in [2.75, 3.05) is 0 Å². The average molecular weight is 350 g/mol. The molecule has 0 aliphatic carbocycles. The number of nitrogens with two attached hydrogens (primary N) is 2. The van der Waals surface area contributed by atoms with Crippen molar-refractivity contribution in [2.45, 2.75) is 0 Å². The lowest BCUT2D eigenvalue weighted by Crippen LogP contribution is -2.28. The van der Waals surface area contributed by atoms with Gasteiger partial charge in [0.25, 0.3) is 5.91 Å². The van der Waals surface area contributed by atoms with Crippen LogP contribution in [0.1, 0.15) is 15.9 Å². The Kier molecular flexibility index (Phi) is 5.56. The van der Waals surface area contributed by atoms with Crippen LogP contribution in [-0.4, -0.2) is 18.1 Å². The molecule has 0 atom stereocenters. The molecule has 0 heterocycles. The summed E-state index contributed by atoms with van der Waals surface area (Å²) in [6.07, 6.45) is 1.63. The van der Waals surface area contributed by atoms with Gasteiger partial charge in [0.15, 0.2) is 0 Å². The summed E-state index contributed by atoms with van der Waals surface area (Å²) in [5.74, 6) is -0.643. The fourth-order valence-electron chi connectivity index (χ4n) is 1.68. The number of nitrogens with zero attached hydrogens (tertiary/aromatic N) is 2. The number of nitrogens with one attached hydrogen (secondary N) is 1. The highest BCUT2D eigenvalue weighted by molar-refractivity contribution is 6.35. The number of carbonyl (C=O) groups excluding carboxylic acids is 1. The predicted molar refractivity (Wildman–Crippen MR) is 93.4 cm³/mol. The Morgan fingerprint density at radius 2 is 1.65 bits per heavy atom. The van der Waals surface area contributed by atoms with Gasteiger partial charge in [-0.2, -0.15) is 0 Å². The van der Waals surface area contributed by atoms with Crippen molar-refractivity contribution in [3.63, 3.8) is 0 Å². The Hall–Kier alpha value is -2.57. The second-order valence-electron chi connectivity index (χ2n) is 4.49. The van der Waals surface area contributed by atoms with Gasteiger partial charge in [0.1, 0.15) is 0 Å². The van der Waals surface area contributed by atoms with Crippen molar-refractivity contribution in [1.82, 2.24) is 5.43 Å². The van der Waals surface area contributed by atoms with E-state index in [2.05, 4.69) is 15.5 Å². The summed E-state index contributed by atoms with van der Waals surface area (Å²) in [7, 11) is 0. The van der Waals surface area contributed by atoms with Crippen LogP contribution in [0, 0.1) is 0 Å². The quantitative estimate of drug-likeness (QED) is 0.448. The summed E-state index contributed by atoms with van der Waals surface area (Å²) in [6, 6.07) is 11.7. The minimum absolute atomic E-state index is 0.222. The van der Waals surface area contributed by atoms with Gasteiger partial charge in [0, 0.05) is 21.8 Å². The van der Waals surface area contributed by atoms with Crippen molar-refractivity contribution < 1.29 is 4.79 Å². The monoisotopic (exact) mass is 349 g/mol. The molecule has 23 heavy (non-hydrogen) atoms. The lowest BCUT2D eigenvalue weighted by molar-refractivity contribution is 0.0954. The largest absolute Gasteiger partial charge is 0.369 e. The summed E-state index contributed by atoms with van der Waals surface area (Å²) < 4.78 is 0. The molecule has 0 bridgehead atoms. The molecule has 0 aromatic heterocycles. The molecule has 0 saturated carbocycles. The number of hydrazone groups is 1. The van der Waals surface area contributed by atoms with Crippen molar-refractivity contribution in [3.05, 3.63) is 63.6 Å². The van der Waals surface area contributed by atoms with Gasteiger partial charge in [-0.15, -0.1) is 5.10 Å². The molecule has 5 N–H and O–H groups in total. The molecule has 2 rings (SSSR count). The van der Waals surface area contributed by atoms with Crippen molar-refractivity contribution in [3.8, 4) is 0 Å². The Balaban J connectivity index is 2.09. The highest BCUT2D eigenvalue weighted by Gasteiger charge is 2.04. The van der Waals surface area contributed by atoms with Gasteiger partial charge < -0.3 is 11.5 Å². The lowest BCUT2D eigenvalue weighted by Gasteiger charge is -2.01. The van der Waals surface area contributed by atoms with E-state index in [1.807, 2.05) is 0 Å². The highest BCUT2D eigenvalue weighted by Crippen LogP contribution is 2.19. The first-order valence-electron chi connectivity index (χ1n) is 6.43. The van der Waals surface area contributed by atoms with Crippen LogP contribution in [0.5, 0.6) is 0 Å². The smallest absolute Gasteiger partial charge is 0.271 e. The molecular weight excluding hydrogens is 337 g/mol. The van der Waals surface area contributed by atoms with E-state index in [1.54, 1.807) is 48.7 Å². The molecule has 0 fully saturated rings. The third-order valence-corrected chi connectivity index (χ3v) is 3.10. The third-order valence-electron chi connectivity index (χ3n) is 2.66. The average Bonchev–Trinajstić information content (AvgIpc) is 2.50. The summed E-state index contributed by atoms with van der Waals surface area (Å²) >= 11 is 11.8. The molecule has 1 amide bonds. The van der Waals surface area contributed by atoms with E-state index in [0.717, 1.165) is 5.56 Å². The normalized spacial score (nSPS) is 10.5. The summed E-state index contributed by atoms with van der Waals surface area (Å²) in [5.41, 5.74) is 14.3. The van der Waals surface area contributed by atoms with Gasteiger partial charge in [-0.25, -0.2) is 5.43 Å². The number of hydrogen-bond donors (Lipinski definition) is 3. The molecule has 6 nitrogen and oxygen atoms in total. The second-order valence-corrected chi connectivity index (χ2v) is 5.36. The van der Waals surface area contributed by atoms with E-state index in [4.69, 9.17) is 34.7 Å². The first kappa shape index (κ1) is 16.8. The van der Waals surface area contributed by atoms with Crippen LogP contribution in [0.15, 0.2) is 52.6 Å². The second kappa shape index (κ2) is 7.62. The fourth-order valence-corrected chi connectivity index (χ4v) is 2.22. The number of halogens is 2. The van der Waals surface area contributed by atoms with E-state index in [1.165, 1.54) is 0 Å². The number of hydrogen-bond acceptors (Lipinski definition) is 3. The summed E-state index contributed by atoms with van der Waals surface area (Å²) in [4.78, 5) is 16.0. The van der Waals surface area contributed by atoms with Gasteiger partial charge in [-0.1, -0.05) is 23.2 Å². The summed E-state index contributed by atoms with van der Waals surface area (Å²) in [5, 5.41) is 4.50. The van der Waals surface area contributed by atoms with Gasteiger partial charge in [0.05, 0.1) is 5.69 Å². The lowest BCUT2D eigenvalue weighted by atomic mass is 10.2. The third kappa shape index (κ3) is 5.28. The van der Waals surface area contributed by atoms with Gasteiger partial charge >= 0.3 is 0 Å². The Morgan fingerprint density at radius 1 is 1.04 bits per heavy atom. The minimum Gasteiger partial charge on any atom is -0.369 e. The molecule has 8 heteroatoms. The SMILES string of the molecule is NC(N)=NNC(=O)c1ccc(N=Cc2cc(Cl)cc(Cl)c2)cc1. The zero-order valence-electron chi connectivity index (χ0n) is 11.8. The molecule has 118 valence electrons. The molecule has 0 spiro atoms. The Labute approximate surface area is 142 Å². The first-order chi connectivity index (χ1) is 10.9. The van der Waals surface area contributed by atoms with Crippen molar-refractivity contribution >= 4 is 47.0 Å². The molecule has 0 saturated heterocycles. The van der Waals surface area contributed by atoms with E-state index in [9.17, 15) is 4.79 Å². The first-order valence-corrected chi connectivity index (χ1v) is 7.19. The highest BCUT2D eigenvalue weighted by atomic mass is 35.5. The molecule has 0 aliphatic rings. The number of benzene rings is 2. The maximum absolute atomic E-state index is 11.7. The fraction of sp³-hybridized carbons (Fsp3) is 0. The van der Waals surface area contributed by atoms with Crippen LogP contribution in [0.25, 0.3) is 0 Å². The van der Waals surface area contributed by atoms with Gasteiger partial charge in [-0.3, -0.25) is 9.79 Å². The van der Waals surface area contributed by atoms with Crippen LogP contribution >= 0.6 is 23.2 Å². The van der Waals surface area contributed by atoms with Gasteiger partial charge in [-0.05, 0) is 48.0 Å². The van der Waals surface area contributed by atoms with Crippen LogP contribution in [0.4, 0.5) is 5.69 Å². The zero-order valence-corrected chi connectivity index (χ0v) is 13.3. The number of rotatable bonds is 4. The molecule has 0 aliphatic heterocycles. The number of aliphatic imine (C=N–C) groups is 1. The Morgan fingerprint density at radius 3 is 2.22 bits per heavy atom. The van der Waals surface area contributed by atoms with Crippen LogP contribution in [0.2, 0.25) is 10.0 Å². The van der Waals surface area contributed by atoms with E-state index >= 15 is 0 Å². The number of guanidine groups is 1. The zero-order chi connectivity index (χ0) is 16.8. The van der Waals surface area contributed by atoms with E-state index in [-0.39, 0.29) is 5.96 Å². The van der Waals surface area contributed by atoms with Crippen molar-refractivity contribution in [2.24, 2.45) is 21.6 Å². The van der Waals surface area contributed by atoms with Crippen molar-refractivity contribution in [1.29, 1.82) is 0 Å². The predicted octanol–water partition coefficient (Wildman–Crippen LogP) is 2.66. The van der Waals surface area contributed by atoms with E-state index in [0.29, 0.717) is 21.3 Å². The molecule has 0 radical (unpaired) electrons. The van der Waals surface area contributed by atoms with Crippen LogP contribution < -0.4 is 16.9 Å². The standard InChI is InChI=1S/C15H13Cl2N5O/c16-11-5-9(6-12(17)7-11)8-20-13-3-1-10(2-4-13)14(23)21-22-15(18)19/h1-8H,(H,21,23)(H4,18,19,22). The minimum atomic E-state index is -0.421. The molecular formula is C15H13Cl2N5O. The maximum atomic E-state index is 11.7. The topological polar surface area (TPSA) is 106 Å². The van der Waals surface area contributed by atoms with Gasteiger partial charge in [0.2, 0.25) is 5.96 Å². The number of carbonyl (C=O) groups is 1.